The summed E-state index contributed by atoms with van der Waals surface area (Å²) in [6.45, 7) is 0.382. The third kappa shape index (κ3) is 5.11. The van der Waals surface area contributed by atoms with Crippen LogP contribution in [0.2, 0.25) is 0 Å². The van der Waals surface area contributed by atoms with E-state index in [9.17, 15) is 9.90 Å². The quantitative estimate of drug-likeness (QED) is 0.794. The van der Waals surface area contributed by atoms with Gasteiger partial charge in [-0.05, 0) is 37.1 Å². The molecule has 0 aliphatic heterocycles. The van der Waals surface area contributed by atoms with Gasteiger partial charge in [-0.1, -0.05) is 35.2 Å². The highest BCUT2D eigenvalue weighted by Crippen LogP contribution is 2.27. The van der Waals surface area contributed by atoms with Crippen molar-refractivity contribution in [3.05, 3.63) is 28.7 Å². The van der Waals surface area contributed by atoms with Crippen LogP contribution in [-0.4, -0.2) is 28.9 Å². The lowest BCUT2D eigenvalue weighted by atomic mass is 9.85. The van der Waals surface area contributed by atoms with Gasteiger partial charge in [-0.25, -0.2) is 0 Å². The summed E-state index contributed by atoms with van der Waals surface area (Å²) >= 11 is 4.89. The first-order valence-corrected chi connectivity index (χ1v) is 8.73. The van der Waals surface area contributed by atoms with Crippen molar-refractivity contribution in [1.82, 2.24) is 5.32 Å². The Morgan fingerprint density at radius 1 is 1.25 bits per heavy atom. The van der Waals surface area contributed by atoms with E-state index in [1.807, 2.05) is 24.3 Å². The molecule has 2 rings (SSSR count). The van der Waals surface area contributed by atoms with E-state index in [-0.39, 0.29) is 5.91 Å². The number of aliphatic hydroxyl groups is 1. The summed E-state index contributed by atoms with van der Waals surface area (Å²) in [4.78, 5) is 12.9. The fourth-order valence-corrected chi connectivity index (χ4v) is 3.37. The average Bonchev–Trinajstić information content (AvgIpc) is 2.45. The lowest BCUT2D eigenvalue weighted by Crippen LogP contribution is -2.44. The van der Waals surface area contributed by atoms with Gasteiger partial charge in [0.2, 0.25) is 5.91 Å². The summed E-state index contributed by atoms with van der Waals surface area (Å²) in [7, 11) is 0. The number of amides is 1. The van der Waals surface area contributed by atoms with Crippen LogP contribution in [0.15, 0.2) is 33.6 Å². The van der Waals surface area contributed by atoms with Gasteiger partial charge in [-0.15, -0.1) is 11.8 Å². The zero-order chi connectivity index (χ0) is 14.4. The van der Waals surface area contributed by atoms with E-state index in [1.54, 1.807) is 0 Å². The van der Waals surface area contributed by atoms with Gasteiger partial charge in [-0.3, -0.25) is 4.79 Å². The number of rotatable bonds is 5. The molecule has 0 spiro atoms. The Bertz CT molecular complexity index is 444. The molecule has 3 nitrogen and oxygen atoms in total. The monoisotopic (exact) mass is 357 g/mol. The molecule has 1 aromatic rings. The first kappa shape index (κ1) is 15.9. The van der Waals surface area contributed by atoms with Crippen LogP contribution >= 0.6 is 27.7 Å². The zero-order valence-corrected chi connectivity index (χ0v) is 13.8. The van der Waals surface area contributed by atoms with Crippen LogP contribution in [0.1, 0.15) is 32.1 Å². The maximum Gasteiger partial charge on any atom is 0.230 e. The minimum Gasteiger partial charge on any atom is -0.388 e. The van der Waals surface area contributed by atoms with Gasteiger partial charge < -0.3 is 10.4 Å². The predicted octanol–water partition coefficient (Wildman–Crippen LogP) is 3.35. The summed E-state index contributed by atoms with van der Waals surface area (Å²) in [5.74, 6) is 0.370. The standard InChI is InChI=1S/C15H20BrNO2S/c16-12-4-6-13(7-5-12)20-10-14(18)17-11-15(19)8-2-1-3-9-15/h4-7,19H,1-3,8-11H2,(H,17,18). The van der Waals surface area contributed by atoms with E-state index >= 15 is 0 Å². The molecule has 5 heteroatoms. The second kappa shape index (κ2) is 7.48. The van der Waals surface area contributed by atoms with E-state index < -0.39 is 5.60 Å². The maximum absolute atomic E-state index is 11.8. The number of thioether (sulfide) groups is 1. The third-order valence-corrected chi connectivity index (χ3v) is 5.12. The molecule has 0 heterocycles. The minimum atomic E-state index is -0.684. The molecule has 0 radical (unpaired) electrons. The Balaban J connectivity index is 1.71. The van der Waals surface area contributed by atoms with Crippen molar-refractivity contribution in [3.8, 4) is 0 Å². The van der Waals surface area contributed by atoms with Gasteiger partial charge in [0.25, 0.3) is 0 Å². The molecule has 0 bridgehead atoms. The van der Waals surface area contributed by atoms with Crippen LogP contribution in [0, 0.1) is 0 Å². The lowest BCUT2D eigenvalue weighted by Gasteiger charge is -2.32. The van der Waals surface area contributed by atoms with Gasteiger partial charge in [0.1, 0.15) is 0 Å². The Labute approximate surface area is 132 Å². The van der Waals surface area contributed by atoms with Crippen molar-refractivity contribution in [3.63, 3.8) is 0 Å². The Morgan fingerprint density at radius 3 is 2.55 bits per heavy atom. The molecule has 1 amide bonds. The Morgan fingerprint density at radius 2 is 1.90 bits per heavy atom. The summed E-state index contributed by atoms with van der Waals surface area (Å²) in [6.07, 6.45) is 4.90. The number of nitrogens with one attached hydrogen (secondary N) is 1. The molecule has 0 aromatic heterocycles. The largest absolute Gasteiger partial charge is 0.388 e. The molecule has 2 N–H and O–H groups in total. The van der Waals surface area contributed by atoms with Gasteiger partial charge in [0, 0.05) is 15.9 Å². The number of hydrogen-bond donors (Lipinski definition) is 2. The Hall–Kier alpha value is -0.520. The highest BCUT2D eigenvalue weighted by molar-refractivity contribution is 9.10. The molecule has 0 unspecified atom stereocenters. The van der Waals surface area contributed by atoms with E-state index in [0.717, 1.165) is 35.1 Å². The molecule has 20 heavy (non-hydrogen) atoms. The van der Waals surface area contributed by atoms with E-state index in [0.29, 0.717) is 12.3 Å². The van der Waals surface area contributed by atoms with Crippen LogP contribution in [0.5, 0.6) is 0 Å². The predicted molar refractivity (Wildman–Crippen MR) is 85.9 cm³/mol. The first-order chi connectivity index (χ1) is 9.57. The van der Waals surface area contributed by atoms with Crippen LogP contribution in [0.4, 0.5) is 0 Å². The van der Waals surface area contributed by atoms with Crippen LogP contribution in [-0.2, 0) is 4.79 Å². The topological polar surface area (TPSA) is 49.3 Å². The molecule has 0 atom stereocenters. The number of carbonyl (C=O) groups excluding carboxylic acids is 1. The fraction of sp³-hybridized carbons (Fsp3) is 0.533. The summed E-state index contributed by atoms with van der Waals surface area (Å²) in [6, 6.07) is 7.89. The van der Waals surface area contributed by atoms with Crippen LogP contribution in [0.3, 0.4) is 0 Å². The molecular weight excluding hydrogens is 338 g/mol. The normalized spacial score (nSPS) is 17.7. The van der Waals surface area contributed by atoms with E-state index in [2.05, 4.69) is 21.2 Å². The molecule has 1 fully saturated rings. The number of hydrogen-bond acceptors (Lipinski definition) is 3. The highest BCUT2D eigenvalue weighted by Gasteiger charge is 2.29. The number of halogens is 1. The molecule has 0 saturated heterocycles. The summed E-state index contributed by atoms with van der Waals surface area (Å²) in [5.41, 5.74) is -0.684. The highest BCUT2D eigenvalue weighted by atomic mass is 79.9. The summed E-state index contributed by atoms with van der Waals surface area (Å²) in [5, 5.41) is 13.2. The average molecular weight is 358 g/mol. The van der Waals surface area contributed by atoms with Crippen molar-refractivity contribution < 1.29 is 9.90 Å². The van der Waals surface area contributed by atoms with Crippen molar-refractivity contribution in [1.29, 1.82) is 0 Å². The van der Waals surface area contributed by atoms with Crippen LogP contribution in [0.25, 0.3) is 0 Å². The lowest BCUT2D eigenvalue weighted by molar-refractivity contribution is -0.120. The number of benzene rings is 1. The zero-order valence-electron chi connectivity index (χ0n) is 11.4. The molecular formula is C15H20BrNO2S. The van der Waals surface area contributed by atoms with Gasteiger partial charge in [0.15, 0.2) is 0 Å². The van der Waals surface area contributed by atoms with Crippen molar-refractivity contribution >= 4 is 33.6 Å². The molecule has 1 aliphatic carbocycles. The second-order valence-electron chi connectivity index (χ2n) is 5.30. The minimum absolute atomic E-state index is 0.0167. The molecule has 1 saturated carbocycles. The van der Waals surface area contributed by atoms with Crippen molar-refractivity contribution in [2.45, 2.75) is 42.6 Å². The first-order valence-electron chi connectivity index (χ1n) is 6.95. The SMILES string of the molecule is O=C(CSc1ccc(Br)cc1)NCC1(O)CCCCC1. The van der Waals surface area contributed by atoms with E-state index in [1.165, 1.54) is 18.2 Å². The van der Waals surface area contributed by atoms with Gasteiger partial charge in [0.05, 0.1) is 11.4 Å². The molecule has 1 aliphatic rings. The van der Waals surface area contributed by atoms with Crippen molar-refractivity contribution in [2.75, 3.05) is 12.3 Å². The van der Waals surface area contributed by atoms with Crippen molar-refractivity contribution in [2.24, 2.45) is 0 Å². The number of carbonyl (C=O) groups is 1. The second-order valence-corrected chi connectivity index (χ2v) is 7.27. The van der Waals surface area contributed by atoms with Crippen LogP contribution < -0.4 is 5.32 Å². The smallest absolute Gasteiger partial charge is 0.230 e. The molecule has 1 aromatic carbocycles. The summed E-state index contributed by atoms with van der Waals surface area (Å²) < 4.78 is 1.03. The molecule has 110 valence electrons. The maximum atomic E-state index is 11.8. The van der Waals surface area contributed by atoms with E-state index in [4.69, 9.17) is 0 Å². The third-order valence-electron chi connectivity index (χ3n) is 3.58. The fourth-order valence-electron chi connectivity index (χ4n) is 2.38. The van der Waals surface area contributed by atoms with Gasteiger partial charge >= 0.3 is 0 Å². The van der Waals surface area contributed by atoms with Gasteiger partial charge in [-0.2, -0.15) is 0 Å². The Kier molecular flexibility index (Phi) is 5.93.